The molecule has 0 radical (unpaired) electrons. The molecule has 0 fully saturated rings. The predicted octanol–water partition coefficient (Wildman–Crippen LogP) is 0.775. The number of carboxylic acid groups (broad SMARTS) is 1. The number of phenols is 1. The monoisotopic (exact) mass is 191 g/mol. The number of hydrogen-bond donors (Lipinski definition) is 2. The summed E-state index contributed by atoms with van der Waals surface area (Å²) in [7, 11) is 0. The van der Waals surface area contributed by atoms with Gasteiger partial charge in [-0.25, -0.2) is 4.79 Å². The highest BCUT2D eigenvalue weighted by molar-refractivity contribution is 5.94. The van der Waals surface area contributed by atoms with Crippen molar-refractivity contribution in [1.82, 2.24) is 0 Å². The first-order chi connectivity index (χ1) is 6.60. The molecule has 1 aromatic carbocycles. The maximum absolute atomic E-state index is 10.6. The van der Waals surface area contributed by atoms with Crippen LogP contribution >= 0.6 is 0 Å². The number of hydrogen-bond acceptors (Lipinski definition) is 4. The van der Waals surface area contributed by atoms with Crippen LogP contribution in [0.15, 0.2) is 12.1 Å². The van der Waals surface area contributed by atoms with E-state index < -0.39 is 11.7 Å². The normalized spacial score (nSPS) is 9.07. The third-order valence-corrected chi connectivity index (χ3v) is 1.64. The van der Waals surface area contributed by atoms with Crippen molar-refractivity contribution in [3.63, 3.8) is 0 Å². The van der Waals surface area contributed by atoms with Crippen molar-refractivity contribution in [2.45, 2.75) is 0 Å². The molecule has 0 atom stereocenters. The van der Waals surface area contributed by atoms with Crippen LogP contribution in [0.5, 0.6) is 5.75 Å². The third kappa shape index (κ3) is 1.54. The quantitative estimate of drug-likeness (QED) is 0.673. The van der Waals surface area contributed by atoms with Gasteiger partial charge in [0.05, 0.1) is 16.7 Å². The Morgan fingerprint density at radius 2 is 2.14 bits per heavy atom. The number of aromatic carboxylic acids is 1. The summed E-state index contributed by atoms with van der Waals surface area (Å²) in [5.41, 5.74) is -0.630. The third-order valence-electron chi connectivity index (χ3n) is 1.64. The summed E-state index contributed by atoms with van der Waals surface area (Å²) >= 11 is 0. The van der Waals surface area contributed by atoms with Crippen LogP contribution in [0.25, 0.3) is 0 Å². The summed E-state index contributed by atoms with van der Waals surface area (Å²) < 4.78 is 0. The van der Waals surface area contributed by atoms with E-state index >= 15 is 0 Å². The summed E-state index contributed by atoms with van der Waals surface area (Å²) in [6.07, 6.45) is 0.322. The molecule has 1 rings (SSSR count). The van der Waals surface area contributed by atoms with Crippen LogP contribution in [0.1, 0.15) is 26.3 Å². The summed E-state index contributed by atoms with van der Waals surface area (Å²) in [5.74, 6) is -1.72. The Morgan fingerprint density at radius 3 is 2.57 bits per heavy atom. The van der Waals surface area contributed by atoms with Crippen molar-refractivity contribution in [2.24, 2.45) is 0 Å². The molecule has 2 N–H and O–H groups in total. The molecule has 5 nitrogen and oxygen atoms in total. The number of carbonyl (C=O) groups is 2. The molecule has 0 amide bonds. The highest BCUT2D eigenvalue weighted by atomic mass is 16.4. The Kier molecular flexibility index (Phi) is 2.49. The van der Waals surface area contributed by atoms with Crippen molar-refractivity contribution in [3.05, 3.63) is 28.8 Å². The number of nitriles is 1. The molecule has 70 valence electrons. The Labute approximate surface area is 78.8 Å². The van der Waals surface area contributed by atoms with Crippen molar-refractivity contribution in [2.75, 3.05) is 0 Å². The fraction of sp³-hybridized carbons (Fsp3) is 0. The smallest absolute Gasteiger partial charge is 0.337 e. The molecule has 5 heteroatoms. The lowest BCUT2D eigenvalue weighted by Gasteiger charge is -2.01. The van der Waals surface area contributed by atoms with Gasteiger partial charge in [-0.2, -0.15) is 5.26 Å². The topological polar surface area (TPSA) is 98.4 Å². The molecule has 1 aromatic rings. The Morgan fingerprint density at radius 1 is 1.50 bits per heavy atom. The lowest BCUT2D eigenvalue weighted by Crippen LogP contribution is -2.01. The van der Waals surface area contributed by atoms with Crippen molar-refractivity contribution in [1.29, 1.82) is 5.26 Å². The highest BCUT2D eigenvalue weighted by Crippen LogP contribution is 2.20. The molecule has 0 saturated heterocycles. The van der Waals surface area contributed by atoms with Gasteiger partial charge in [0, 0.05) is 0 Å². The maximum Gasteiger partial charge on any atom is 0.337 e. The molecule has 0 aliphatic carbocycles. The number of carbonyl (C=O) groups excluding carboxylic acids is 1. The van der Waals surface area contributed by atoms with E-state index in [1.54, 1.807) is 6.07 Å². The number of rotatable bonds is 2. The number of nitrogens with zero attached hydrogens (tertiary/aromatic N) is 1. The van der Waals surface area contributed by atoms with Gasteiger partial charge in [-0.3, -0.25) is 4.79 Å². The van der Waals surface area contributed by atoms with Crippen molar-refractivity contribution < 1.29 is 19.8 Å². The molecule has 0 bridgehead atoms. The van der Waals surface area contributed by atoms with Crippen LogP contribution in [0.2, 0.25) is 0 Å². The maximum atomic E-state index is 10.6. The Hall–Kier alpha value is -2.35. The largest absolute Gasteiger partial charge is 0.507 e. The summed E-state index contributed by atoms with van der Waals surface area (Å²) in [5, 5.41) is 26.4. The van der Waals surface area contributed by atoms with Crippen LogP contribution in [0.3, 0.4) is 0 Å². The van der Waals surface area contributed by atoms with Gasteiger partial charge in [0.25, 0.3) is 0 Å². The van der Waals surface area contributed by atoms with Crippen molar-refractivity contribution >= 4 is 12.3 Å². The van der Waals surface area contributed by atoms with Crippen LogP contribution in [-0.2, 0) is 0 Å². The van der Waals surface area contributed by atoms with Gasteiger partial charge in [0.1, 0.15) is 11.8 Å². The molecular formula is C9H5NO4. The van der Waals surface area contributed by atoms with E-state index in [2.05, 4.69) is 0 Å². The molecule has 0 unspecified atom stereocenters. The van der Waals surface area contributed by atoms with Gasteiger partial charge in [0.2, 0.25) is 0 Å². The van der Waals surface area contributed by atoms with Gasteiger partial charge >= 0.3 is 5.97 Å². The molecule has 14 heavy (non-hydrogen) atoms. The molecular weight excluding hydrogens is 186 g/mol. The number of carboxylic acids is 1. The van der Waals surface area contributed by atoms with Gasteiger partial charge in [-0.05, 0) is 12.1 Å². The molecule has 0 saturated carbocycles. The first-order valence-electron chi connectivity index (χ1n) is 3.55. The van der Waals surface area contributed by atoms with Crippen LogP contribution in [0.4, 0.5) is 0 Å². The summed E-state index contributed by atoms with van der Waals surface area (Å²) in [6.45, 7) is 0. The van der Waals surface area contributed by atoms with Crippen LogP contribution in [-0.4, -0.2) is 22.5 Å². The standard InChI is InChI=1S/C9H5NO4/c10-3-5-2-8(12)6(4-11)1-7(5)9(13)14/h1-2,4,12H,(H,13,14). The van der Waals surface area contributed by atoms with Gasteiger partial charge < -0.3 is 10.2 Å². The number of aromatic hydroxyl groups is 1. The van der Waals surface area contributed by atoms with Gasteiger partial charge in [-0.15, -0.1) is 0 Å². The second-order valence-corrected chi connectivity index (χ2v) is 2.49. The lowest BCUT2D eigenvalue weighted by atomic mass is 10.0. The van der Waals surface area contributed by atoms with E-state index in [1.165, 1.54) is 0 Å². The second-order valence-electron chi connectivity index (χ2n) is 2.49. The first kappa shape index (κ1) is 9.74. The van der Waals surface area contributed by atoms with Crippen molar-refractivity contribution in [3.8, 4) is 11.8 Å². The zero-order valence-corrected chi connectivity index (χ0v) is 6.89. The number of benzene rings is 1. The Balaban J connectivity index is 3.49. The SMILES string of the molecule is N#Cc1cc(O)c(C=O)cc1C(=O)O. The average molecular weight is 191 g/mol. The van der Waals surface area contributed by atoms with Crippen LogP contribution < -0.4 is 0 Å². The summed E-state index contributed by atoms with van der Waals surface area (Å²) in [6, 6.07) is 3.53. The predicted molar refractivity (Wildman–Crippen MR) is 45.2 cm³/mol. The van der Waals surface area contributed by atoms with Crippen LogP contribution in [0, 0.1) is 11.3 Å². The molecule has 0 aliphatic heterocycles. The average Bonchev–Trinajstić information content (AvgIpc) is 2.16. The molecule has 0 heterocycles. The minimum absolute atomic E-state index is 0.151. The van der Waals surface area contributed by atoms with E-state index in [0.29, 0.717) is 6.29 Å². The van der Waals surface area contributed by atoms with E-state index in [-0.39, 0.29) is 16.7 Å². The van der Waals surface area contributed by atoms with Gasteiger partial charge in [-0.1, -0.05) is 0 Å². The Bertz CT molecular complexity index is 445. The summed E-state index contributed by atoms with van der Waals surface area (Å²) in [4.78, 5) is 21.0. The fourth-order valence-electron chi connectivity index (χ4n) is 0.969. The molecule has 0 spiro atoms. The zero-order chi connectivity index (χ0) is 10.7. The molecule has 0 aromatic heterocycles. The van der Waals surface area contributed by atoms with E-state index in [0.717, 1.165) is 12.1 Å². The number of phenolic OH excluding ortho intramolecular Hbond substituents is 1. The second kappa shape index (κ2) is 3.58. The minimum atomic E-state index is -1.32. The fourth-order valence-corrected chi connectivity index (χ4v) is 0.969. The van der Waals surface area contributed by atoms with E-state index in [4.69, 9.17) is 15.5 Å². The molecule has 0 aliphatic rings. The van der Waals surface area contributed by atoms with E-state index in [1.807, 2.05) is 0 Å². The minimum Gasteiger partial charge on any atom is -0.507 e. The van der Waals surface area contributed by atoms with Gasteiger partial charge in [0.15, 0.2) is 6.29 Å². The first-order valence-corrected chi connectivity index (χ1v) is 3.55. The number of aldehydes is 1. The lowest BCUT2D eigenvalue weighted by molar-refractivity contribution is 0.0696. The highest BCUT2D eigenvalue weighted by Gasteiger charge is 2.13. The van der Waals surface area contributed by atoms with E-state index in [9.17, 15) is 9.59 Å². The zero-order valence-electron chi connectivity index (χ0n) is 6.89.